The van der Waals surface area contributed by atoms with Gasteiger partial charge in [0.25, 0.3) is 0 Å². The van der Waals surface area contributed by atoms with E-state index in [0.717, 1.165) is 12.1 Å². The normalized spacial score (nSPS) is 12.4. The van der Waals surface area contributed by atoms with Gasteiger partial charge in [-0.15, -0.1) is 0 Å². The molecule has 0 aromatic heterocycles. The number of aliphatic hydroxyl groups excluding tert-OH is 1. The van der Waals surface area contributed by atoms with Crippen molar-refractivity contribution in [3.63, 3.8) is 0 Å². The van der Waals surface area contributed by atoms with Gasteiger partial charge in [-0.3, -0.25) is 4.90 Å². The molecule has 0 bridgehead atoms. The molecular formula is C18H24N2O. The first-order chi connectivity index (χ1) is 10.1. The van der Waals surface area contributed by atoms with Gasteiger partial charge in [-0.05, 0) is 30.3 Å². The Labute approximate surface area is 127 Å². The number of benzene rings is 2. The van der Waals surface area contributed by atoms with E-state index < -0.39 is 6.10 Å². The molecule has 0 saturated carbocycles. The molecule has 1 unspecified atom stereocenters. The summed E-state index contributed by atoms with van der Waals surface area (Å²) in [5.74, 6) is 0. The number of nitrogens with zero attached hydrogens (tertiary/aromatic N) is 2. The van der Waals surface area contributed by atoms with E-state index in [0.29, 0.717) is 6.54 Å². The first-order valence-electron chi connectivity index (χ1n) is 7.24. The van der Waals surface area contributed by atoms with Crippen LogP contribution in [-0.4, -0.2) is 37.7 Å². The third-order valence-electron chi connectivity index (χ3n) is 3.57. The fourth-order valence-corrected chi connectivity index (χ4v) is 2.35. The summed E-state index contributed by atoms with van der Waals surface area (Å²) in [5.41, 5.74) is 3.42. The summed E-state index contributed by atoms with van der Waals surface area (Å²) in [7, 11) is 6.11. The number of aliphatic hydroxyl groups is 1. The molecule has 21 heavy (non-hydrogen) atoms. The zero-order valence-electron chi connectivity index (χ0n) is 13.0. The van der Waals surface area contributed by atoms with Crippen molar-refractivity contribution in [1.82, 2.24) is 4.90 Å². The van der Waals surface area contributed by atoms with Gasteiger partial charge in [-0.2, -0.15) is 0 Å². The van der Waals surface area contributed by atoms with Crippen LogP contribution >= 0.6 is 0 Å². The van der Waals surface area contributed by atoms with Gasteiger partial charge in [-0.1, -0.05) is 42.5 Å². The van der Waals surface area contributed by atoms with Gasteiger partial charge in [0.15, 0.2) is 0 Å². The van der Waals surface area contributed by atoms with Crippen LogP contribution in [0.15, 0.2) is 54.6 Å². The molecule has 0 aliphatic carbocycles. The summed E-state index contributed by atoms with van der Waals surface area (Å²) < 4.78 is 0. The predicted octanol–water partition coefficient (Wildman–Crippen LogP) is 2.92. The van der Waals surface area contributed by atoms with Gasteiger partial charge in [0.1, 0.15) is 0 Å². The number of anilines is 1. The Morgan fingerprint density at radius 3 is 2.10 bits per heavy atom. The summed E-state index contributed by atoms with van der Waals surface area (Å²) in [6.07, 6.45) is -0.447. The van der Waals surface area contributed by atoms with E-state index >= 15 is 0 Å². The van der Waals surface area contributed by atoms with Crippen LogP contribution in [0.1, 0.15) is 17.2 Å². The minimum absolute atomic E-state index is 0.447. The highest BCUT2D eigenvalue weighted by atomic mass is 16.3. The smallest absolute Gasteiger partial charge is 0.0916 e. The van der Waals surface area contributed by atoms with Gasteiger partial charge in [-0.25, -0.2) is 0 Å². The maximum atomic E-state index is 10.2. The van der Waals surface area contributed by atoms with Crippen molar-refractivity contribution in [3.05, 3.63) is 65.7 Å². The molecule has 112 valence electrons. The van der Waals surface area contributed by atoms with Crippen LogP contribution in [0.4, 0.5) is 5.69 Å². The molecule has 2 aromatic rings. The minimum atomic E-state index is -0.447. The SMILES string of the molecule is CN(Cc1ccc(N(C)C)cc1)CC(O)c1ccccc1. The highest BCUT2D eigenvalue weighted by molar-refractivity contribution is 5.45. The van der Waals surface area contributed by atoms with Crippen molar-refractivity contribution in [3.8, 4) is 0 Å². The van der Waals surface area contributed by atoms with Gasteiger partial charge in [0.05, 0.1) is 6.10 Å². The largest absolute Gasteiger partial charge is 0.387 e. The molecule has 0 heterocycles. The molecule has 0 aliphatic heterocycles. The quantitative estimate of drug-likeness (QED) is 0.883. The van der Waals surface area contributed by atoms with Crippen molar-refractivity contribution in [2.24, 2.45) is 0 Å². The Balaban J connectivity index is 1.91. The van der Waals surface area contributed by atoms with Gasteiger partial charge in [0, 0.05) is 32.9 Å². The maximum Gasteiger partial charge on any atom is 0.0916 e. The van der Waals surface area contributed by atoms with Crippen LogP contribution in [0.2, 0.25) is 0 Å². The van der Waals surface area contributed by atoms with Crippen LogP contribution in [0.25, 0.3) is 0 Å². The molecule has 0 saturated heterocycles. The van der Waals surface area contributed by atoms with E-state index in [9.17, 15) is 5.11 Å². The number of hydrogen-bond acceptors (Lipinski definition) is 3. The van der Waals surface area contributed by atoms with Crippen LogP contribution in [-0.2, 0) is 6.54 Å². The van der Waals surface area contributed by atoms with E-state index in [2.05, 4.69) is 34.1 Å². The molecule has 1 N–H and O–H groups in total. The van der Waals surface area contributed by atoms with E-state index in [1.165, 1.54) is 11.3 Å². The first-order valence-corrected chi connectivity index (χ1v) is 7.24. The van der Waals surface area contributed by atoms with Crippen LogP contribution < -0.4 is 4.90 Å². The van der Waals surface area contributed by atoms with Crippen LogP contribution in [0, 0.1) is 0 Å². The van der Waals surface area contributed by atoms with Gasteiger partial charge >= 0.3 is 0 Å². The average Bonchev–Trinajstić information content (AvgIpc) is 2.48. The zero-order chi connectivity index (χ0) is 15.2. The maximum absolute atomic E-state index is 10.2. The topological polar surface area (TPSA) is 26.7 Å². The number of likely N-dealkylation sites (N-methyl/N-ethyl adjacent to an activating group) is 1. The third-order valence-corrected chi connectivity index (χ3v) is 3.57. The molecular weight excluding hydrogens is 260 g/mol. The van der Waals surface area contributed by atoms with Gasteiger partial charge < -0.3 is 10.0 Å². The Kier molecular flexibility index (Phi) is 5.37. The molecule has 0 radical (unpaired) electrons. The Morgan fingerprint density at radius 1 is 0.905 bits per heavy atom. The Morgan fingerprint density at radius 2 is 1.52 bits per heavy atom. The van der Waals surface area contributed by atoms with E-state index in [1.54, 1.807) is 0 Å². The molecule has 3 heteroatoms. The van der Waals surface area contributed by atoms with E-state index in [1.807, 2.05) is 51.5 Å². The fourth-order valence-electron chi connectivity index (χ4n) is 2.35. The lowest BCUT2D eigenvalue weighted by Gasteiger charge is -2.21. The van der Waals surface area contributed by atoms with Gasteiger partial charge in [0.2, 0.25) is 0 Å². The standard InChI is InChI=1S/C18H24N2O/c1-19(2)17-11-9-15(10-12-17)13-20(3)14-18(21)16-7-5-4-6-8-16/h4-12,18,21H,13-14H2,1-3H3. The highest BCUT2D eigenvalue weighted by Gasteiger charge is 2.10. The van der Waals surface area contributed by atoms with Crippen molar-refractivity contribution < 1.29 is 5.11 Å². The second-order valence-electron chi connectivity index (χ2n) is 5.68. The van der Waals surface area contributed by atoms with Crippen molar-refractivity contribution in [2.45, 2.75) is 12.6 Å². The molecule has 3 nitrogen and oxygen atoms in total. The zero-order valence-corrected chi connectivity index (χ0v) is 13.0. The van der Waals surface area contributed by atoms with Crippen molar-refractivity contribution >= 4 is 5.69 Å². The first kappa shape index (κ1) is 15.5. The van der Waals surface area contributed by atoms with E-state index in [4.69, 9.17) is 0 Å². The lowest BCUT2D eigenvalue weighted by atomic mass is 10.1. The summed E-state index contributed by atoms with van der Waals surface area (Å²) in [6, 6.07) is 18.3. The Hall–Kier alpha value is -1.84. The Bertz CT molecular complexity index is 537. The van der Waals surface area contributed by atoms with Crippen molar-refractivity contribution in [1.29, 1.82) is 0 Å². The lowest BCUT2D eigenvalue weighted by Crippen LogP contribution is -2.24. The van der Waals surface area contributed by atoms with Crippen molar-refractivity contribution in [2.75, 3.05) is 32.6 Å². The minimum Gasteiger partial charge on any atom is -0.387 e. The molecule has 0 fully saturated rings. The van der Waals surface area contributed by atoms with E-state index in [-0.39, 0.29) is 0 Å². The third kappa shape index (κ3) is 4.59. The van der Waals surface area contributed by atoms with Crippen LogP contribution in [0.3, 0.4) is 0 Å². The summed E-state index contributed by atoms with van der Waals surface area (Å²) >= 11 is 0. The number of rotatable bonds is 6. The molecule has 0 spiro atoms. The molecule has 2 rings (SSSR count). The molecule has 0 amide bonds. The van der Waals surface area contributed by atoms with Crippen LogP contribution in [0.5, 0.6) is 0 Å². The predicted molar refractivity (Wildman–Crippen MR) is 88.5 cm³/mol. The second kappa shape index (κ2) is 7.25. The lowest BCUT2D eigenvalue weighted by molar-refractivity contribution is 0.124. The average molecular weight is 284 g/mol. The molecule has 1 atom stereocenters. The second-order valence-corrected chi connectivity index (χ2v) is 5.68. The summed E-state index contributed by atoms with van der Waals surface area (Å²) in [4.78, 5) is 4.23. The fraction of sp³-hybridized carbons (Fsp3) is 0.333. The molecule has 0 aliphatic rings. The monoisotopic (exact) mass is 284 g/mol. The molecule has 2 aromatic carbocycles. The highest BCUT2D eigenvalue weighted by Crippen LogP contribution is 2.16. The summed E-state index contributed by atoms with van der Waals surface area (Å²) in [5, 5.41) is 10.2. The summed E-state index contributed by atoms with van der Waals surface area (Å²) in [6.45, 7) is 1.46. The number of hydrogen-bond donors (Lipinski definition) is 1.